The van der Waals surface area contributed by atoms with Crippen LogP contribution in [0.4, 0.5) is 10.5 Å². The van der Waals surface area contributed by atoms with Crippen LogP contribution in [0.3, 0.4) is 0 Å². The topological polar surface area (TPSA) is 78.4 Å². The third kappa shape index (κ3) is 3.96. The third-order valence-corrected chi connectivity index (χ3v) is 4.09. The van der Waals surface area contributed by atoms with Crippen molar-refractivity contribution in [3.8, 4) is 0 Å². The zero-order valence-corrected chi connectivity index (χ0v) is 12.6. The number of carboxylic acids is 1. The predicted octanol–water partition coefficient (Wildman–Crippen LogP) is 3.60. The zero-order valence-electron chi connectivity index (χ0n) is 11.0. The second-order valence-electron chi connectivity index (χ2n) is 4.93. The highest BCUT2D eigenvalue weighted by Gasteiger charge is 2.16. The van der Waals surface area contributed by atoms with E-state index >= 15 is 0 Å². The van der Waals surface area contributed by atoms with Crippen molar-refractivity contribution in [3.63, 3.8) is 0 Å². The van der Waals surface area contributed by atoms with Crippen molar-refractivity contribution >= 4 is 33.6 Å². The maximum Gasteiger partial charge on any atom is 0.335 e. The number of hydrogen-bond acceptors (Lipinski definition) is 2. The van der Waals surface area contributed by atoms with Gasteiger partial charge in [-0.3, -0.25) is 0 Å². The molecule has 1 aliphatic rings. The molecule has 0 bridgehead atoms. The van der Waals surface area contributed by atoms with Crippen molar-refractivity contribution < 1.29 is 14.7 Å². The number of benzene rings is 1. The number of anilines is 1. The molecule has 5 nitrogen and oxygen atoms in total. The first-order valence-electron chi connectivity index (χ1n) is 6.66. The Balaban J connectivity index is 1.99. The molecule has 2 rings (SSSR count). The van der Waals surface area contributed by atoms with Gasteiger partial charge in [-0.25, -0.2) is 9.59 Å². The molecule has 1 fully saturated rings. The summed E-state index contributed by atoms with van der Waals surface area (Å²) < 4.78 is 0.654. The maximum atomic E-state index is 11.9. The van der Waals surface area contributed by atoms with Gasteiger partial charge in [0, 0.05) is 10.5 Å². The number of aromatic carboxylic acids is 1. The molecule has 20 heavy (non-hydrogen) atoms. The molecule has 0 radical (unpaired) electrons. The highest BCUT2D eigenvalue weighted by Crippen LogP contribution is 2.24. The Labute approximate surface area is 125 Å². The summed E-state index contributed by atoms with van der Waals surface area (Å²) in [4.78, 5) is 22.8. The number of carbonyl (C=O) groups excluding carboxylic acids is 1. The number of carboxylic acid groups (broad SMARTS) is 1. The average molecular weight is 341 g/mol. The van der Waals surface area contributed by atoms with Crippen LogP contribution in [0.1, 0.15) is 42.5 Å². The summed E-state index contributed by atoms with van der Waals surface area (Å²) in [6, 6.07) is 4.45. The van der Waals surface area contributed by atoms with Crippen LogP contribution < -0.4 is 10.6 Å². The first kappa shape index (κ1) is 14.8. The Morgan fingerprint density at radius 1 is 1.20 bits per heavy atom. The lowest BCUT2D eigenvalue weighted by Gasteiger charge is -2.23. The second-order valence-corrected chi connectivity index (χ2v) is 5.79. The van der Waals surface area contributed by atoms with Gasteiger partial charge in [0.15, 0.2) is 0 Å². The van der Waals surface area contributed by atoms with Crippen LogP contribution in [0.15, 0.2) is 22.7 Å². The molecule has 0 spiro atoms. The molecular weight excluding hydrogens is 324 g/mol. The van der Waals surface area contributed by atoms with Gasteiger partial charge in [0.05, 0.1) is 11.3 Å². The Morgan fingerprint density at radius 3 is 2.55 bits per heavy atom. The minimum absolute atomic E-state index is 0.140. The number of nitrogens with one attached hydrogen (secondary N) is 2. The lowest BCUT2D eigenvalue weighted by atomic mass is 9.96. The standard InChI is InChI=1S/C14H17BrN2O3/c15-11-7-6-9(13(18)19)8-12(11)17-14(20)16-10-4-2-1-3-5-10/h6-8,10H,1-5H2,(H,18,19)(H2,16,17,20). The maximum absolute atomic E-state index is 11.9. The van der Waals surface area contributed by atoms with Crippen LogP contribution in [0, 0.1) is 0 Å². The van der Waals surface area contributed by atoms with Crippen molar-refractivity contribution in [3.05, 3.63) is 28.2 Å². The molecule has 1 aliphatic carbocycles. The van der Waals surface area contributed by atoms with Gasteiger partial charge in [0.1, 0.15) is 0 Å². The van der Waals surface area contributed by atoms with E-state index in [2.05, 4.69) is 26.6 Å². The van der Waals surface area contributed by atoms with Gasteiger partial charge in [-0.2, -0.15) is 0 Å². The van der Waals surface area contributed by atoms with Crippen LogP contribution in [0.2, 0.25) is 0 Å². The minimum atomic E-state index is -1.02. The van der Waals surface area contributed by atoms with Crippen molar-refractivity contribution in [1.29, 1.82) is 0 Å². The van der Waals surface area contributed by atoms with Crippen LogP contribution in [0.25, 0.3) is 0 Å². The first-order chi connectivity index (χ1) is 9.56. The Bertz CT molecular complexity index is 513. The highest BCUT2D eigenvalue weighted by atomic mass is 79.9. The molecule has 1 aromatic carbocycles. The average Bonchev–Trinajstić information content (AvgIpc) is 2.42. The fourth-order valence-electron chi connectivity index (χ4n) is 2.34. The Morgan fingerprint density at radius 2 is 1.90 bits per heavy atom. The molecule has 108 valence electrons. The van der Waals surface area contributed by atoms with Gasteiger partial charge >= 0.3 is 12.0 Å². The summed E-state index contributed by atoms with van der Waals surface area (Å²) in [7, 11) is 0. The van der Waals surface area contributed by atoms with E-state index in [4.69, 9.17) is 5.11 Å². The largest absolute Gasteiger partial charge is 0.478 e. The van der Waals surface area contributed by atoms with Gasteiger partial charge in [0.25, 0.3) is 0 Å². The molecule has 1 aromatic rings. The number of amides is 2. The van der Waals surface area contributed by atoms with E-state index in [0.717, 1.165) is 25.7 Å². The predicted molar refractivity (Wildman–Crippen MR) is 80.1 cm³/mol. The van der Waals surface area contributed by atoms with Crippen molar-refractivity contribution in [2.45, 2.75) is 38.1 Å². The number of halogens is 1. The molecule has 2 amide bonds. The monoisotopic (exact) mass is 340 g/mol. The summed E-state index contributed by atoms with van der Waals surface area (Å²) >= 11 is 3.30. The molecule has 6 heteroatoms. The van der Waals surface area contributed by atoms with Crippen LogP contribution in [-0.4, -0.2) is 23.1 Å². The van der Waals surface area contributed by atoms with Crippen LogP contribution in [0.5, 0.6) is 0 Å². The van der Waals surface area contributed by atoms with Gasteiger partial charge in [-0.15, -0.1) is 0 Å². The summed E-state index contributed by atoms with van der Waals surface area (Å²) in [6.07, 6.45) is 5.52. The molecule has 3 N–H and O–H groups in total. The quantitative estimate of drug-likeness (QED) is 0.786. The molecular formula is C14H17BrN2O3. The van der Waals surface area contributed by atoms with Crippen LogP contribution >= 0.6 is 15.9 Å². The lowest BCUT2D eigenvalue weighted by Crippen LogP contribution is -2.39. The smallest absolute Gasteiger partial charge is 0.335 e. The molecule has 0 saturated heterocycles. The van der Waals surface area contributed by atoms with E-state index in [9.17, 15) is 9.59 Å². The van der Waals surface area contributed by atoms with Crippen molar-refractivity contribution in [2.24, 2.45) is 0 Å². The van der Waals surface area contributed by atoms with Crippen molar-refractivity contribution in [1.82, 2.24) is 5.32 Å². The van der Waals surface area contributed by atoms with Gasteiger partial charge in [0.2, 0.25) is 0 Å². The second kappa shape index (κ2) is 6.74. The van der Waals surface area contributed by atoms with Gasteiger partial charge < -0.3 is 15.7 Å². The molecule has 1 saturated carbocycles. The van der Waals surface area contributed by atoms with E-state index < -0.39 is 5.97 Å². The fraction of sp³-hybridized carbons (Fsp3) is 0.429. The first-order valence-corrected chi connectivity index (χ1v) is 7.46. The summed E-state index contributed by atoms with van der Waals surface area (Å²) in [5, 5.41) is 14.6. The van der Waals surface area contributed by atoms with Gasteiger partial charge in [-0.1, -0.05) is 19.3 Å². The molecule has 0 heterocycles. The minimum Gasteiger partial charge on any atom is -0.478 e. The summed E-state index contributed by atoms with van der Waals surface area (Å²) in [6.45, 7) is 0. The lowest BCUT2D eigenvalue weighted by molar-refractivity contribution is 0.0697. The van der Waals surface area contributed by atoms with Crippen molar-refractivity contribution in [2.75, 3.05) is 5.32 Å². The molecule has 0 aliphatic heterocycles. The molecule has 0 unspecified atom stereocenters. The normalized spacial score (nSPS) is 15.7. The summed E-state index contributed by atoms with van der Waals surface area (Å²) in [5.41, 5.74) is 0.597. The van der Waals surface area contributed by atoms with E-state index in [-0.39, 0.29) is 17.6 Å². The van der Waals surface area contributed by atoms with E-state index in [0.29, 0.717) is 10.2 Å². The number of hydrogen-bond donors (Lipinski definition) is 3. The Kier molecular flexibility index (Phi) is 5.00. The van der Waals surface area contributed by atoms with E-state index in [1.807, 2.05) is 0 Å². The number of rotatable bonds is 3. The summed E-state index contributed by atoms with van der Waals surface area (Å²) in [5.74, 6) is -1.02. The SMILES string of the molecule is O=C(Nc1cc(C(=O)O)ccc1Br)NC1CCCCC1. The highest BCUT2D eigenvalue weighted by molar-refractivity contribution is 9.10. The van der Waals surface area contributed by atoms with Crippen LogP contribution in [-0.2, 0) is 0 Å². The van der Waals surface area contributed by atoms with Gasteiger partial charge in [-0.05, 0) is 47.0 Å². The zero-order chi connectivity index (χ0) is 14.5. The Hall–Kier alpha value is -1.56. The third-order valence-electron chi connectivity index (χ3n) is 3.40. The molecule has 0 aromatic heterocycles. The number of urea groups is 1. The van der Waals surface area contributed by atoms with E-state index in [1.54, 1.807) is 6.07 Å². The fourth-order valence-corrected chi connectivity index (χ4v) is 2.69. The molecule has 0 atom stereocenters. The van der Waals surface area contributed by atoms with E-state index in [1.165, 1.54) is 18.6 Å². The number of carbonyl (C=O) groups is 2.